The molecule has 1 aromatic heterocycles. The lowest BCUT2D eigenvalue weighted by molar-refractivity contribution is -0.128. The van der Waals surface area contributed by atoms with Gasteiger partial charge in [-0.05, 0) is 54.1 Å². The van der Waals surface area contributed by atoms with Gasteiger partial charge in [-0.1, -0.05) is 12.1 Å². The van der Waals surface area contributed by atoms with Crippen molar-refractivity contribution in [1.29, 1.82) is 0 Å². The van der Waals surface area contributed by atoms with E-state index in [1.807, 2.05) is 18.2 Å². The van der Waals surface area contributed by atoms with E-state index in [0.29, 0.717) is 49.9 Å². The van der Waals surface area contributed by atoms with Crippen molar-refractivity contribution < 1.29 is 27.2 Å². The molecule has 0 spiro atoms. The zero-order valence-electron chi connectivity index (χ0n) is 19.3. The van der Waals surface area contributed by atoms with E-state index >= 15 is 0 Å². The lowest BCUT2D eigenvalue weighted by Crippen LogP contribution is -2.40. The molecule has 5 rings (SSSR count). The van der Waals surface area contributed by atoms with Crippen LogP contribution in [0.4, 0.5) is 5.69 Å². The van der Waals surface area contributed by atoms with E-state index in [0.717, 1.165) is 11.3 Å². The lowest BCUT2D eigenvalue weighted by Gasteiger charge is -2.26. The summed E-state index contributed by atoms with van der Waals surface area (Å²) in [4.78, 5) is 27.1. The summed E-state index contributed by atoms with van der Waals surface area (Å²) in [7, 11) is -3.59. The first kappa shape index (κ1) is 24.6. The molecule has 2 aliphatic heterocycles. The molecule has 2 aliphatic rings. The Labute approximate surface area is 213 Å². The van der Waals surface area contributed by atoms with Crippen molar-refractivity contribution in [3.05, 3.63) is 83.8 Å². The van der Waals surface area contributed by atoms with E-state index in [1.54, 1.807) is 41.5 Å². The largest absolute Gasteiger partial charge is 0.467 e. The van der Waals surface area contributed by atoms with E-state index in [9.17, 15) is 18.0 Å². The van der Waals surface area contributed by atoms with Crippen LogP contribution in [0, 0.1) is 0 Å². The van der Waals surface area contributed by atoms with Gasteiger partial charge in [0, 0.05) is 24.3 Å². The SMILES string of the molecule is O=C(Nc1ccc(S(=O)(=O)N2CCOCC2)cc1)c1ccc([C@@H]2SCC(=O)N2Cc2ccco2)cc1. The van der Waals surface area contributed by atoms with Crippen molar-refractivity contribution in [3.63, 3.8) is 0 Å². The van der Waals surface area contributed by atoms with E-state index in [2.05, 4.69) is 5.32 Å². The minimum atomic E-state index is -3.59. The Bertz CT molecular complexity index is 1320. The number of hydrogen-bond donors (Lipinski definition) is 1. The molecule has 3 heterocycles. The molecule has 11 heteroatoms. The number of morpholine rings is 1. The second-order valence-corrected chi connectivity index (χ2v) is 11.4. The number of sulfonamides is 1. The molecule has 1 N–H and O–H groups in total. The van der Waals surface area contributed by atoms with Gasteiger partial charge in [-0.25, -0.2) is 8.42 Å². The van der Waals surface area contributed by atoms with Crippen LogP contribution in [0.5, 0.6) is 0 Å². The van der Waals surface area contributed by atoms with Gasteiger partial charge in [0.25, 0.3) is 5.91 Å². The molecule has 2 amide bonds. The standard InChI is InChI=1S/C25H25N3O6S2/c29-23-17-35-25(28(23)16-21-2-1-13-34-21)19-5-3-18(4-6-19)24(30)26-20-7-9-22(10-8-20)36(31,32)27-11-14-33-15-12-27/h1-10,13,25H,11-12,14-17H2,(H,26,30)/t25-/m0/s1. The van der Waals surface area contributed by atoms with Crippen molar-refractivity contribution in [2.75, 3.05) is 37.4 Å². The van der Waals surface area contributed by atoms with E-state index < -0.39 is 10.0 Å². The van der Waals surface area contributed by atoms with Crippen LogP contribution in [0.15, 0.2) is 76.2 Å². The molecule has 2 aromatic carbocycles. The molecule has 2 fully saturated rings. The highest BCUT2D eigenvalue weighted by Crippen LogP contribution is 2.39. The number of nitrogens with zero attached hydrogens (tertiary/aromatic N) is 2. The van der Waals surface area contributed by atoms with Gasteiger partial charge in [0.1, 0.15) is 11.1 Å². The van der Waals surface area contributed by atoms with Gasteiger partial charge in [-0.3, -0.25) is 9.59 Å². The van der Waals surface area contributed by atoms with Crippen LogP contribution in [-0.4, -0.2) is 61.5 Å². The van der Waals surface area contributed by atoms with Crippen LogP contribution in [0.2, 0.25) is 0 Å². The quantitative estimate of drug-likeness (QED) is 0.502. The average Bonchev–Trinajstić information content (AvgIpc) is 3.55. The van der Waals surface area contributed by atoms with Crippen molar-refractivity contribution >= 4 is 39.3 Å². The van der Waals surface area contributed by atoms with E-state index in [1.165, 1.54) is 28.2 Å². The normalized spacial score (nSPS) is 18.9. The Morgan fingerprint density at radius 3 is 2.42 bits per heavy atom. The molecule has 0 bridgehead atoms. The van der Waals surface area contributed by atoms with Gasteiger partial charge < -0.3 is 19.4 Å². The summed E-state index contributed by atoms with van der Waals surface area (Å²) in [5.74, 6) is 0.844. The smallest absolute Gasteiger partial charge is 0.255 e. The highest BCUT2D eigenvalue weighted by Gasteiger charge is 2.33. The number of rotatable bonds is 7. The van der Waals surface area contributed by atoms with Crippen LogP contribution < -0.4 is 5.32 Å². The summed E-state index contributed by atoms with van der Waals surface area (Å²) in [6.07, 6.45) is 1.59. The van der Waals surface area contributed by atoms with Gasteiger partial charge in [0.15, 0.2) is 0 Å². The molecule has 2 saturated heterocycles. The Kier molecular flexibility index (Phi) is 7.15. The fourth-order valence-corrected chi connectivity index (χ4v) is 6.72. The molecule has 0 saturated carbocycles. The molecule has 0 aliphatic carbocycles. The number of amides is 2. The summed E-state index contributed by atoms with van der Waals surface area (Å²) in [6, 6.07) is 16.9. The lowest BCUT2D eigenvalue weighted by atomic mass is 10.1. The fourth-order valence-electron chi connectivity index (χ4n) is 4.12. The predicted octanol–water partition coefficient (Wildman–Crippen LogP) is 3.33. The predicted molar refractivity (Wildman–Crippen MR) is 135 cm³/mol. The number of anilines is 1. The van der Waals surface area contributed by atoms with E-state index in [-0.39, 0.29) is 22.1 Å². The summed E-state index contributed by atoms with van der Waals surface area (Å²) in [5, 5.41) is 2.65. The second kappa shape index (κ2) is 10.5. The average molecular weight is 528 g/mol. The highest BCUT2D eigenvalue weighted by molar-refractivity contribution is 8.00. The topological polar surface area (TPSA) is 109 Å². The van der Waals surface area contributed by atoms with Crippen LogP contribution in [-0.2, 0) is 26.1 Å². The molecular weight excluding hydrogens is 502 g/mol. The molecule has 0 radical (unpaired) electrons. The fraction of sp³-hybridized carbons (Fsp3) is 0.280. The number of thioether (sulfide) groups is 1. The van der Waals surface area contributed by atoms with Crippen molar-refractivity contribution in [2.24, 2.45) is 0 Å². The molecular formula is C25H25N3O6S2. The number of hydrogen-bond acceptors (Lipinski definition) is 7. The molecule has 0 unspecified atom stereocenters. The summed E-state index contributed by atoms with van der Waals surface area (Å²) >= 11 is 1.54. The first-order chi connectivity index (χ1) is 17.4. The minimum absolute atomic E-state index is 0.0438. The third kappa shape index (κ3) is 5.19. The third-order valence-corrected chi connectivity index (χ3v) is 9.22. The summed E-state index contributed by atoms with van der Waals surface area (Å²) in [6.45, 7) is 1.80. The summed E-state index contributed by atoms with van der Waals surface area (Å²) in [5.41, 5.74) is 1.87. The minimum Gasteiger partial charge on any atom is -0.467 e. The number of furan rings is 1. The second-order valence-electron chi connectivity index (χ2n) is 8.38. The molecule has 9 nitrogen and oxygen atoms in total. The highest BCUT2D eigenvalue weighted by atomic mass is 32.2. The number of ether oxygens (including phenoxy) is 1. The third-order valence-electron chi connectivity index (χ3n) is 6.05. The molecule has 3 aromatic rings. The van der Waals surface area contributed by atoms with Crippen LogP contribution in [0.3, 0.4) is 0 Å². The van der Waals surface area contributed by atoms with Gasteiger partial charge in [-0.15, -0.1) is 11.8 Å². The van der Waals surface area contributed by atoms with Crippen LogP contribution in [0.1, 0.15) is 27.1 Å². The zero-order valence-corrected chi connectivity index (χ0v) is 21.0. The van der Waals surface area contributed by atoms with Gasteiger partial charge in [0.05, 0.1) is 36.7 Å². The van der Waals surface area contributed by atoms with Crippen molar-refractivity contribution in [1.82, 2.24) is 9.21 Å². The van der Waals surface area contributed by atoms with Gasteiger partial charge >= 0.3 is 0 Å². The summed E-state index contributed by atoms with van der Waals surface area (Å²) < 4.78 is 37.6. The first-order valence-corrected chi connectivity index (χ1v) is 13.9. The molecule has 1 atom stereocenters. The van der Waals surface area contributed by atoms with Crippen molar-refractivity contribution in [2.45, 2.75) is 16.8 Å². The van der Waals surface area contributed by atoms with Crippen molar-refractivity contribution in [3.8, 4) is 0 Å². The Hall–Kier alpha value is -3.12. The van der Waals surface area contributed by atoms with Crippen LogP contribution >= 0.6 is 11.8 Å². The number of carbonyl (C=O) groups is 2. The number of benzene rings is 2. The Morgan fingerprint density at radius 2 is 1.75 bits per heavy atom. The number of carbonyl (C=O) groups excluding carboxylic acids is 2. The van der Waals surface area contributed by atoms with Gasteiger partial charge in [0.2, 0.25) is 15.9 Å². The van der Waals surface area contributed by atoms with E-state index in [4.69, 9.17) is 9.15 Å². The Morgan fingerprint density at radius 1 is 1.03 bits per heavy atom. The zero-order chi connectivity index (χ0) is 25.1. The maximum atomic E-state index is 12.8. The van der Waals surface area contributed by atoms with Gasteiger partial charge in [-0.2, -0.15) is 4.31 Å². The molecule has 36 heavy (non-hydrogen) atoms. The first-order valence-electron chi connectivity index (χ1n) is 11.4. The maximum Gasteiger partial charge on any atom is 0.255 e. The Balaban J connectivity index is 1.23. The maximum absolute atomic E-state index is 12.8. The van der Waals surface area contributed by atoms with Crippen LogP contribution in [0.25, 0.3) is 0 Å². The molecule has 188 valence electrons. The number of nitrogens with one attached hydrogen (secondary N) is 1. The monoisotopic (exact) mass is 527 g/mol.